The van der Waals surface area contributed by atoms with Crippen molar-refractivity contribution in [2.45, 2.75) is 19.8 Å². The largest absolute Gasteiger partial charge is 0.748 e. The Bertz CT molecular complexity index is 387. The Morgan fingerprint density at radius 1 is 0.833 bits per heavy atom. The molecule has 0 bridgehead atoms. The maximum absolute atomic E-state index is 10.5. The van der Waals surface area contributed by atoms with Gasteiger partial charge < -0.3 is 28.0 Å². The fourth-order valence-corrected chi connectivity index (χ4v) is 2.45. The molecule has 0 unspecified atom stereocenters. The lowest BCUT2D eigenvalue weighted by Gasteiger charge is -2.29. The molecule has 0 aliphatic heterocycles. The van der Waals surface area contributed by atoms with Crippen LogP contribution < -0.4 is 0 Å². The number of rotatable bonds is 17. The molecule has 0 aromatic rings. The monoisotopic (exact) mass is 371 g/mol. The normalized spacial score (nSPS) is 12.7. The molecule has 0 rings (SSSR count). The molecule has 0 aliphatic rings. The molecule has 0 radical (unpaired) electrons. The van der Waals surface area contributed by atoms with Crippen molar-refractivity contribution >= 4 is 10.1 Å². The van der Waals surface area contributed by atoms with Gasteiger partial charge in [0, 0.05) is 12.4 Å². The van der Waals surface area contributed by atoms with Crippen LogP contribution in [0.2, 0.25) is 0 Å². The Kier molecular flexibility index (Phi) is 13.8. The molecule has 8 nitrogen and oxygen atoms in total. The van der Waals surface area contributed by atoms with Crippen molar-refractivity contribution < 1.29 is 36.4 Å². The molecule has 0 saturated carbocycles. The summed E-state index contributed by atoms with van der Waals surface area (Å²) in [6, 6.07) is 0. The smallest absolute Gasteiger partial charge is 0.182 e. The van der Waals surface area contributed by atoms with Crippen LogP contribution in [0.1, 0.15) is 19.8 Å². The van der Waals surface area contributed by atoms with Crippen LogP contribution in [-0.4, -0.2) is 96.8 Å². The van der Waals surface area contributed by atoms with Gasteiger partial charge in [0.15, 0.2) is 6.73 Å². The van der Waals surface area contributed by atoms with Gasteiger partial charge in [0.05, 0.1) is 70.4 Å². The van der Waals surface area contributed by atoms with E-state index in [1.54, 1.807) is 0 Å². The zero-order valence-corrected chi connectivity index (χ0v) is 16.0. The van der Waals surface area contributed by atoms with Gasteiger partial charge in [0.25, 0.3) is 0 Å². The first-order chi connectivity index (χ1) is 11.3. The molecule has 0 N–H and O–H groups in total. The van der Waals surface area contributed by atoms with Gasteiger partial charge in [-0.25, -0.2) is 8.42 Å². The van der Waals surface area contributed by atoms with Gasteiger partial charge in [0.2, 0.25) is 0 Å². The summed E-state index contributed by atoms with van der Waals surface area (Å²) in [5.41, 5.74) is 0. The number of nitrogens with zero attached hydrogens (tertiary/aromatic N) is 1. The minimum atomic E-state index is -4.10. The lowest BCUT2D eigenvalue weighted by molar-refractivity contribution is -0.909. The molecule has 0 heterocycles. The van der Waals surface area contributed by atoms with E-state index in [9.17, 15) is 13.0 Å². The first-order valence-corrected chi connectivity index (χ1v) is 9.91. The molecule has 0 saturated heterocycles. The summed E-state index contributed by atoms with van der Waals surface area (Å²) in [5, 5.41) is 0. The summed E-state index contributed by atoms with van der Waals surface area (Å²) in [4.78, 5) is 0. The quantitative estimate of drug-likeness (QED) is 0.158. The van der Waals surface area contributed by atoms with Crippen LogP contribution in [-0.2, 0) is 29.1 Å². The van der Waals surface area contributed by atoms with Crippen LogP contribution in [0.3, 0.4) is 0 Å². The average molecular weight is 371 g/mol. The van der Waals surface area contributed by atoms with Crippen LogP contribution >= 0.6 is 0 Å². The lowest BCUT2D eigenvalue weighted by Crippen LogP contribution is -2.42. The number of quaternary nitrogens is 1. The predicted octanol–water partition coefficient (Wildman–Crippen LogP) is 0.432. The van der Waals surface area contributed by atoms with Gasteiger partial charge in [-0.15, -0.1) is 0 Å². The van der Waals surface area contributed by atoms with Crippen molar-refractivity contribution in [1.29, 1.82) is 0 Å². The first kappa shape index (κ1) is 23.7. The van der Waals surface area contributed by atoms with Gasteiger partial charge in [0.1, 0.15) is 0 Å². The molecule has 0 aromatic carbocycles. The molecular formula is C15H33NO7S. The van der Waals surface area contributed by atoms with Gasteiger partial charge in [-0.3, -0.25) is 0 Å². The fraction of sp³-hybridized carbons (Fsp3) is 1.00. The molecule has 0 aliphatic carbocycles. The SMILES string of the molecule is CCOCCOCCOCCOC[N+](C)(C)CCCCS(=O)(=O)[O-]. The van der Waals surface area contributed by atoms with Crippen LogP contribution in [0.25, 0.3) is 0 Å². The number of hydrogen-bond donors (Lipinski definition) is 0. The van der Waals surface area contributed by atoms with E-state index in [-0.39, 0.29) is 5.75 Å². The minimum absolute atomic E-state index is 0.297. The molecule has 0 atom stereocenters. The van der Waals surface area contributed by atoms with E-state index >= 15 is 0 Å². The second-order valence-corrected chi connectivity index (χ2v) is 7.61. The van der Waals surface area contributed by atoms with Crippen molar-refractivity contribution in [3.8, 4) is 0 Å². The third-order valence-corrected chi connectivity index (χ3v) is 3.96. The van der Waals surface area contributed by atoms with Crippen LogP contribution in [0.5, 0.6) is 0 Å². The highest BCUT2D eigenvalue weighted by Gasteiger charge is 2.14. The Hall–Kier alpha value is -0.290. The molecule has 0 spiro atoms. The van der Waals surface area contributed by atoms with Gasteiger partial charge in [-0.2, -0.15) is 0 Å². The molecular weight excluding hydrogens is 338 g/mol. The van der Waals surface area contributed by atoms with E-state index in [1.807, 2.05) is 21.0 Å². The molecule has 24 heavy (non-hydrogen) atoms. The number of unbranched alkanes of at least 4 members (excludes halogenated alkanes) is 1. The molecule has 9 heteroatoms. The fourth-order valence-electron chi connectivity index (χ4n) is 1.90. The highest BCUT2D eigenvalue weighted by atomic mass is 32.2. The summed E-state index contributed by atoms with van der Waals surface area (Å²) in [7, 11) is -0.105. The molecule has 0 aromatic heterocycles. The Balaban J connectivity index is 3.42. The van der Waals surface area contributed by atoms with Crippen molar-refractivity contribution in [3.05, 3.63) is 0 Å². The molecule has 146 valence electrons. The van der Waals surface area contributed by atoms with Crippen LogP contribution in [0, 0.1) is 0 Å². The van der Waals surface area contributed by atoms with E-state index in [2.05, 4.69) is 0 Å². The van der Waals surface area contributed by atoms with Crippen LogP contribution in [0.4, 0.5) is 0 Å². The van der Waals surface area contributed by atoms with Gasteiger partial charge in [-0.05, 0) is 19.8 Å². The summed E-state index contributed by atoms with van der Waals surface area (Å²) < 4.78 is 53.6. The topological polar surface area (TPSA) is 94.1 Å². The highest BCUT2D eigenvalue weighted by Crippen LogP contribution is 2.03. The summed E-state index contributed by atoms with van der Waals surface area (Å²) >= 11 is 0. The van der Waals surface area contributed by atoms with E-state index in [1.165, 1.54) is 0 Å². The highest BCUT2D eigenvalue weighted by molar-refractivity contribution is 7.85. The Morgan fingerprint density at radius 3 is 1.83 bits per heavy atom. The average Bonchev–Trinajstić information content (AvgIpc) is 2.48. The van der Waals surface area contributed by atoms with E-state index in [0.29, 0.717) is 70.3 Å². The summed E-state index contributed by atoms with van der Waals surface area (Å²) in [6.45, 7) is 7.15. The van der Waals surface area contributed by atoms with Crippen LogP contribution in [0.15, 0.2) is 0 Å². The number of ether oxygens (including phenoxy) is 4. The maximum atomic E-state index is 10.5. The first-order valence-electron chi connectivity index (χ1n) is 8.33. The van der Waals surface area contributed by atoms with Crippen molar-refractivity contribution in [1.82, 2.24) is 0 Å². The van der Waals surface area contributed by atoms with Gasteiger partial charge in [-0.1, -0.05) is 0 Å². The minimum Gasteiger partial charge on any atom is -0.748 e. The predicted molar refractivity (Wildman–Crippen MR) is 89.7 cm³/mol. The lowest BCUT2D eigenvalue weighted by atomic mass is 10.3. The molecule has 0 amide bonds. The Morgan fingerprint density at radius 2 is 1.33 bits per heavy atom. The van der Waals surface area contributed by atoms with Gasteiger partial charge >= 0.3 is 0 Å². The Labute approximate surface area is 146 Å². The third kappa shape index (κ3) is 18.1. The van der Waals surface area contributed by atoms with Crippen molar-refractivity contribution in [2.24, 2.45) is 0 Å². The third-order valence-electron chi connectivity index (χ3n) is 3.17. The van der Waals surface area contributed by atoms with E-state index in [0.717, 1.165) is 6.54 Å². The van der Waals surface area contributed by atoms with E-state index in [4.69, 9.17) is 18.9 Å². The van der Waals surface area contributed by atoms with E-state index < -0.39 is 10.1 Å². The number of hydrogen-bond acceptors (Lipinski definition) is 7. The summed E-state index contributed by atoms with van der Waals surface area (Å²) in [6.07, 6.45) is 1.06. The summed E-state index contributed by atoms with van der Waals surface area (Å²) in [5.74, 6) is -0.297. The second-order valence-electron chi connectivity index (χ2n) is 6.09. The standard InChI is InChI=1S/C15H33NO7S/c1-4-20-8-9-21-10-11-22-12-13-23-15-16(2,3)7-5-6-14-24(17,18)19/h4-15H2,1-3H3. The van der Waals surface area contributed by atoms with Crippen molar-refractivity contribution in [3.63, 3.8) is 0 Å². The maximum Gasteiger partial charge on any atom is 0.182 e. The second kappa shape index (κ2) is 13.9. The van der Waals surface area contributed by atoms with Crippen molar-refractivity contribution in [2.75, 3.05) is 79.4 Å². The zero-order valence-electron chi connectivity index (χ0n) is 15.2. The zero-order chi connectivity index (χ0) is 18.3. The molecule has 0 fully saturated rings.